The molecule has 0 saturated carbocycles. The van der Waals surface area contributed by atoms with Gasteiger partial charge in [0.2, 0.25) is 0 Å². The van der Waals surface area contributed by atoms with Crippen LogP contribution in [0.15, 0.2) is 66.9 Å². The standard InChI is InChI=1S/C27H31N5O3/c1-19-8-10-21(11-9-19)26(31-15-5-6-16-31)18-29-27(33)22-12-13-24(25(17-22)32(34)35)30-20(2)23-7-3-4-14-28-23/h3-4,7-14,17,20,26,30H,5-6,15-16,18H2,1-2H3,(H,29,33). The molecule has 35 heavy (non-hydrogen) atoms. The van der Waals surface area contributed by atoms with Gasteiger partial charge >= 0.3 is 0 Å². The van der Waals surface area contributed by atoms with Crippen LogP contribution >= 0.6 is 0 Å². The van der Waals surface area contributed by atoms with Gasteiger partial charge in [-0.3, -0.25) is 24.8 Å². The molecule has 2 aromatic carbocycles. The first-order valence-corrected chi connectivity index (χ1v) is 12.0. The molecule has 1 aliphatic heterocycles. The van der Waals surface area contributed by atoms with Crippen LogP contribution in [-0.2, 0) is 0 Å². The number of hydrogen-bond acceptors (Lipinski definition) is 6. The van der Waals surface area contributed by atoms with Gasteiger partial charge in [0.25, 0.3) is 11.6 Å². The molecule has 8 heteroatoms. The lowest BCUT2D eigenvalue weighted by Crippen LogP contribution is -2.36. The number of rotatable bonds is 9. The maximum atomic E-state index is 13.0. The number of benzene rings is 2. The van der Waals surface area contributed by atoms with Crippen LogP contribution in [0.5, 0.6) is 0 Å². The van der Waals surface area contributed by atoms with Gasteiger partial charge in [0, 0.05) is 24.4 Å². The summed E-state index contributed by atoms with van der Waals surface area (Å²) in [6.45, 7) is 6.37. The highest BCUT2D eigenvalue weighted by Gasteiger charge is 2.25. The summed E-state index contributed by atoms with van der Waals surface area (Å²) in [5, 5.41) is 17.9. The van der Waals surface area contributed by atoms with Crippen LogP contribution < -0.4 is 10.6 Å². The first-order chi connectivity index (χ1) is 16.9. The number of nitro groups is 1. The number of amides is 1. The number of anilines is 1. The van der Waals surface area contributed by atoms with Gasteiger partial charge in [0.1, 0.15) is 5.69 Å². The van der Waals surface area contributed by atoms with Gasteiger partial charge in [-0.15, -0.1) is 0 Å². The molecule has 0 aliphatic carbocycles. The summed E-state index contributed by atoms with van der Waals surface area (Å²) < 4.78 is 0. The molecule has 2 atom stereocenters. The van der Waals surface area contributed by atoms with Crippen LogP contribution in [0.25, 0.3) is 0 Å². The van der Waals surface area contributed by atoms with Crippen molar-refractivity contribution in [3.63, 3.8) is 0 Å². The van der Waals surface area contributed by atoms with Gasteiger partial charge in [-0.1, -0.05) is 35.9 Å². The molecule has 0 radical (unpaired) electrons. The number of carbonyl (C=O) groups excluding carboxylic acids is 1. The monoisotopic (exact) mass is 473 g/mol. The van der Waals surface area contributed by atoms with Crippen LogP contribution in [0.1, 0.15) is 59.0 Å². The Morgan fingerprint density at radius 1 is 1.11 bits per heavy atom. The number of nitro benzene ring substituents is 1. The third-order valence-electron chi connectivity index (χ3n) is 6.46. The molecule has 0 bridgehead atoms. The first kappa shape index (κ1) is 24.3. The average Bonchev–Trinajstić information content (AvgIpc) is 3.40. The third-order valence-corrected chi connectivity index (χ3v) is 6.46. The quantitative estimate of drug-likeness (QED) is 0.334. The van der Waals surface area contributed by atoms with Gasteiger partial charge in [-0.25, -0.2) is 0 Å². The summed E-state index contributed by atoms with van der Waals surface area (Å²) in [7, 11) is 0. The summed E-state index contributed by atoms with van der Waals surface area (Å²) in [5.41, 5.74) is 3.59. The molecule has 2 heterocycles. The highest BCUT2D eigenvalue weighted by molar-refractivity contribution is 5.95. The average molecular weight is 474 g/mol. The van der Waals surface area contributed by atoms with Crippen molar-refractivity contribution in [2.75, 3.05) is 25.0 Å². The zero-order chi connectivity index (χ0) is 24.8. The number of hydrogen-bond donors (Lipinski definition) is 2. The number of pyridine rings is 1. The molecular formula is C27H31N5O3. The summed E-state index contributed by atoms with van der Waals surface area (Å²) in [6, 6.07) is 18.3. The fourth-order valence-electron chi connectivity index (χ4n) is 4.48. The highest BCUT2D eigenvalue weighted by Crippen LogP contribution is 2.29. The van der Waals surface area contributed by atoms with Gasteiger partial charge in [0.15, 0.2) is 0 Å². The number of aromatic nitrogens is 1. The molecule has 2 N–H and O–H groups in total. The number of nitrogens with zero attached hydrogens (tertiary/aromatic N) is 3. The topological polar surface area (TPSA) is 100 Å². The van der Waals surface area contributed by atoms with Crippen LogP contribution in [0.2, 0.25) is 0 Å². The molecule has 1 saturated heterocycles. The molecule has 1 aliphatic rings. The molecule has 4 rings (SSSR count). The first-order valence-electron chi connectivity index (χ1n) is 12.0. The summed E-state index contributed by atoms with van der Waals surface area (Å²) >= 11 is 0. The molecule has 8 nitrogen and oxygen atoms in total. The molecule has 1 fully saturated rings. The number of aryl methyl sites for hydroxylation is 1. The van der Waals surface area contributed by atoms with Gasteiger partial charge in [0.05, 0.1) is 22.7 Å². The Labute approximate surface area is 205 Å². The van der Waals surface area contributed by atoms with Gasteiger partial charge in [-0.2, -0.15) is 0 Å². The Hall–Kier alpha value is -3.78. The van der Waals surface area contributed by atoms with E-state index in [0.717, 1.165) is 37.2 Å². The lowest BCUT2D eigenvalue weighted by molar-refractivity contribution is -0.384. The Bertz CT molecular complexity index is 1160. The maximum absolute atomic E-state index is 13.0. The van der Waals surface area contributed by atoms with Crippen molar-refractivity contribution >= 4 is 17.3 Å². The van der Waals surface area contributed by atoms with Crippen molar-refractivity contribution in [2.45, 2.75) is 38.8 Å². The SMILES string of the molecule is Cc1ccc(C(CNC(=O)c2ccc(NC(C)c3ccccn3)c([N+](=O)[O-])c2)N2CCCC2)cc1. The zero-order valence-corrected chi connectivity index (χ0v) is 20.1. The van der Waals surface area contributed by atoms with E-state index in [1.54, 1.807) is 18.3 Å². The summed E-state index contributed by atoms with van der Waals surface area (Å²) in [4.78, 5) is 31.0. The van der Waals surface area contributed by atoms with Gasteiger partial charge in [-0.05, 0) is 69.6 Å². The Morgan fingerprint density at radius 2 is 1.86 bits per heavy atom. The molecular weight excluding hydrogens is 442 g/mol. The van der Waals surface area contributed by atoms with E-state index in [-0.39, 0.29) is 29.2 Å². The van der Waals surface area contributed by atoms with Crippen LogP contribution in [0.4, 0.5) is 11.4 Å². The van der Waals surface area contributed by atoms with Gasteiger partial charge < -0.3 is 10.6 Å². The lowest BCUT2D eigenvalue weighted by Gasteiger charge is -2.28. The Balaban J connectivity index is 1.48. The van der Waals surface area contributed by atoms with E-state index in [9.17, 15) is 14.9 Å². The molecule has 0 spiro atoms. The fraction of sp³-hybridized carbons (Fsp3) is 0.333. The van der Waals surface area contributed by atoms with E-state index >= 15 is 0 Å². The molecule has 182 valence electrons. The third kappa shape index (κ3) is 6.02. The van der Waals surface area contributed by atoms with E-state index in [2.05, 4.69) is 51.7 Å². The van der Waals surface area contributed by atoms with E-state index in [4.69, 9.17) is 0 Å². The van der Waals surface area contributed by atoms with Crippen LogP contribution in [-0.4, -0.2) is 40.3 Å². The Morgan fingerprint density at radius 3 is 2.51 bits per heavy atom. The second kappa shape index (κ2) is 11.1. The normalized spacial score (nSPS) is 15.4. The van der Waals surface area contributed by atoms with E-state index in [1.165, 1.54) is 11.6 Å². The predicted octanol–water partition coefficient (Wildman–Crippen LogP) is 5.04. The number of carbonyl (C=O) groups is 1. The van der Waals surface area contributed by atoms with E-state index < -0.39 is 4.92 Å². The van der Waals surface area contributed by atoms with Crippen molar-refractivity contribution < 1.29 is 9.72 Å². The lowest BCUT2D eigenvalue weighted by atomic mass is 10.0. The summed E-state index contributed by atoms with van der Waals surface area (Å²) in [6.07, 6.45) is 3.98. The predicted molar refractivity (Wildman–Crippen MR) is 136 cm³/mol. The van der Waals surface area contributed by atoms with E-state index in [0.29, 0.717) is 12.2 Å². The minimum Gasteiger partial charge on any atom is -0.371 e. The molecule has 2 unspecified atom stereocenters. The van der Waals surface area contributed by atoms with Crippen LogP contribution in [0, 0.1) is 17.0 Å². The summed E-state index contributed by atoms with van der Waals surface area (Å²) in [5.74, 6) is -0.325. The van der Waals surface area contributed by atoms with E-state index in [1.807, 2.05) is 25.1 Å². The Kier molecular flexibility index (Phi) is 7.72. The number of nitrogens with one attached hydrogen (secondary N) is 2. The second-order valence-corrected chi connectivity index (χ2v) is 8.99. The zero-order valence-electron chi connectivity index (χ0n) is 20.1. The van der Waals surface area contributed by atoms with Crippen molar-refractivity contribution in [1.29, 1.82) is 0 Å². The minimum absolute atomic E-state index is 0.0668. The van der Waals surface area contributed by atoms with Crippen molar-refractivity contribution in [2.24, 2.45) is 0 Å². The van der Waals surface area contributed by atoms with Crippen molar-refractivity contribution in [3.8, 4) is 0 Å². The highest BCUT2D eigenvalue weighted by atomic mass is 16.6. The fourth-order valence-corrected chi connectivity index (χ4v) is 4.48. The maximum Gasteiger partial charge on any atom is 0.293 e. The smallest absolute Gasteiger partial charge is 0.293 e. The second-order valence-electron chi connectivity index (χ2n) is 8.99. The molecule has 3 aromatic rings. The van der Waals surface area contributed by atoms with Crippen LogP contribution in [0.3, 0.4) is 0 Å². The number of likely N-dealkylation sites (tertiary alicyclic amines) is 1. The molecule has 1 amide bonds. The van der Waals surface area contributed by atoms with Crippen molar-refractivity contribution in [3.05, 3.63) is 99.4 Å². The minimum atomic E-state index is -0.469. The molecule has 1 aromatic heterocycles. The van der Waals surface area contributed by atoms with Crippen molar-refractivity contribution in [1.82, 2.24) is 15.2 Å². The largest absolute Gasteiger partial charge is 0.371 e.